The Labute approximate surface area is 168 Å². The summed E-state index contributed by atoms with van der Waals surface area (Å²) >= 11 is 0. The van der Waals surface area contributed by atoms with Crippen LogP contribution in [0.4, 0.5) is 4.39 Å². The van der Waals surface area contributed by atoms with Crippen LogP contribution in [-0.2, 0) is 7.05 Å². The van der Waals surface area contributed by atoms with Gasteiger partial charge in [-0.2, -0.15) is 0 Å². The molecular formula is C24H16FN3O. The lowest BCUT2D eigenvalue weighted by atomic mass is 10.2. The van der Waals surface area contributed by atoms with Gasteiger partial charge in [0.2, 0.25) is 5.82 Å². The number of methoxy groups -OCH3 is 1. The van der Waals surface area contributed by atoms with Crippen molar-refractivity contribution in [3.05, 3.63) is 89.3 Å². The molecule has 140 valence electrons. The van der Waals surface area contributed by atoms with Gasteiger partial charge in [0.15, 0.2) is 0 Å². The Hall–Kier alpha value is -4.09. The molecule has 0 N–H and O–H groups in total. The van der Waals surface area contributed by atoms with E-state index in [1.165, 1.54) is 12.1 Å². The number of rotatable bonds is 1. The maximum Gasteiger partial charge on any atom is 0.208 e. The summed E-state index contributed by atoms with van der Waals surface area (Å²) in [5.74, 6) is 13.0. The van der Waals surface area contributed by atoms with Gasteiger partial charge in [-0.25, -0.2) is 14.4 Å². The predicted octanol–water partition coefficient (Wildman–Crippen LogP) is 3.92. The highest BCUT2D eigenvalue weighted by molar-refractivity contribution is 5.82. The Kier molecular flexibility index (Phi) is 4.97. The summed E-state index contributed by atoms with van der Waals surface area (Å²) in [6, 6.07) is 15.4. The molecule has 0 bridgehead atoms. The Morgan fingerprint density at radius 1 is 0.828 bits per heavy atom. The normalized spacial score (nSPS) is 10.0. The molecule has 0 spiro atoms. The van der Waals surface area contributed by atoms with Crippen LogP contribution in [-0.4, -0.2) is 21.6 Å². The van der Waals surface area contributed by atoms with E-state index >= 15 is 0 Å². The molecule has 4 nitrogen and oxygen atoms in total. The summed E-state index contributed by atoms with van der Waals surface area (Å²) in [4.78, 5) is 9.07. The number of ether oxygens (including phenoxy) is 1. The van der Waals surface area contributed by atoms with E-state index in [0.29, 0.717) is 17.1 Å². The topological polar surface area (TPSA) is 39.9 Å². The number of halogens is 1. The van der Waals surface area contributed by atoms with Gasteiger partial charge >= 0.3 is 0 Å². The monoisotopic (exact) mass is 381 g/mol. The van der Waals surface area contributed by atoms with Gasteiger partial charge in [-0.1, -0.05) is 11.8 Å². The zero-order chi connectivity index (χ0) is 20.2. The quantitative estimate of drug-likeness (QED) is 0.469. The van der Waals surface area contributed by atoms with E-state index < -0.39 is 0 Å². The first-order chi connectivity index (χ1) is 14.1. The van der Waals surface area contributed by atoms with Crippen molar-refractivity contribution in [2.24, 2.45) is 7.05 Å². The Balaban J connectivity index is 1.74. The average Bonchev–Trinajstić information content (AvgIpc) is 3.13. The van der Waals surface area contributed by atoms with E-state index in [4.69, 9.17) is 4.74 Å². The molecular weight excluding hydrogens is 365 g/mol. The van der Waals surface area contributed by atoms with Crippen molar-refractivity contribution >= 4 is 11.0 Å². The third-order valence-electron chi connectivity index (χ3n) is 4.30. The highest BCUT2D eigenvalue weighted by atomic mass is 19.1. The highest BCUT2D eigenvalue weighted by Crippen LogP contribution is 2.16. The Morgan fingerprint density at radius 2 is 1.48 bits per heavy atom. The molecule has 2 aromatic carbocycles. The zero-order valence-corrected chi connectivity index (χ0v) is 15.9. The summed E-state index contributed by atoms with van der Waals surface area (Å²) in [5.41, 5.74) is 2.88. The average molecular weight is 381 g/mol. The van der Waals surface area contributed by atoms with Crippen molar-refractivity contribution in [2.45, 2.75) is 0 Å². The van der Waals surface area contributed by atoms with E-state index in [9.17, 15) is 4.39 Å². The van der Waals surface area contributed by atoms with Crippen LogP contribution in [0, 0.1) is 29.5 Å². The molecule has 2 heterocycles. The van der Waals surface area contributed by atoms with Crippen LogP contribution in [0.3, 0.4) is 0 Å². The molecule has 0 amide bonds. The molecule has 0 saturated heterocycles. The van der Waals surface area contributed by atoms with Crippen molar-refractivity contribution < 1.29 is 9.13 Å². The molecule has 4 aromatic rings. The lowest BCUT2D eigenvalue weighted by Gasteiger charge is -1.99. The maximum absolute atomic E-state index is 13.1. The predicted molar refractivity (Wildman–Crippen MR) is 110 cm³/mol. The molecule has 0 aliphatic rings. The zero-order valence-electron chi connectivity index (χ0n) is 15.9. The van der Waals surface area contributed by atoms with Crippen LogP contribution in [0.15, 0.2) is 60.8 Å². The van der Waals surface area contributed by atoms with E-state index in [0.717, 1.165) is 22.3 Å². The molecule has 2 aromatic heterocycles. The van der Waals surface area contributed by atoms with Crippen molar-refractivity contribution in [3.63, 3.8) is 0 Å². The Bertz CT molecular complexity index is 1300. The number of nitrogens with zero attached hydrogens (tertiary/aromatic N) is 3. The molecule has 0 saturated carbocycles. The van der Waals surface area contributed by atoms with Gasteiger partial charge < -0.3 is 9.30 Å². The molecule has 5 heteroatoms. The van der Waals surface area contributed by atoms with Gasteiger partial charge in [-0.15, -0.1) is 0 Å². The minimum absolute atomic E-state index is 0.292. The second-order valence-electron chi connectivity index (χ2n) is 6.30. The van der Waals surface area contributed by atoms with Crippen molar-refractivity contribution in [1.82, 2.24) is 14.5 Å². The van der Waals surface area contributed by atoms with Gasteiger partial charge in [0, 0.05) is 24.4 Å². The summed E-state index contributed by atoms with van der Waals surface area (Å²) < 4.78 is 20.1. The number of benzene rings is 2. The van der Waals surface area contributed by atoms with Gasteiger partial charge in [-0.3, -0.25) is 0 Å². The minimum atomic E-state index is -0.292. The van der Waals surface area contributed by atoms with Crippen LogP contribution in [0.1, 0.15) is 22.6 Å². The SMILES string of the molecule is COc1ccc(C#Cc2nc(C#Cc3ccc(F)cc3)c3ccn(C)c3n2)cc1. The molecule has 0 fully saturated rings. The molecule has 0 aliphatic carbocycles. The van der Waals surface area contributed by atoms with Crippen LogP contribution >= 0.6 is 0 Å². The fourth-order valence-electron chi connectivity index (χ4n) is 2.76. The second-order valence-corrected chi connectivity index (χ2v) is 6.30. The van der Waals surface area contributed by atoms with E-state index in [1.54, 1.807) is 19.2 Å². The maximum atomic E-state index is 13.1. The summed E-state index contributed by atoms with van der Waals surface area (Å²) in [6.07, 6.45) is 1.91. The van der Waals surface area contributed by atoms with Crippen LogP contribution in [0.5, 0.6) is 5.75 Å². The smallest absolute Gasteiger partial charge is 0.208 e. The van der Waals surface area contributed by atoms with Gasteiger partial charge in [0.05, 0.1) is 12.5 Å². The molecule has 0 radical (unpaired) electrons. The van der Waals surface area contributed by atoms with Gasteiger partial charge in [0.25, 0.3) is 0 Å². The van der Waals surface area contributed by atoms with Crippen molar-refractivity contribution in [1.29, 1.82) is 0 Å². The lowest BCUT2D eigenvalue weighted by molar-refractivity contribution is 0.415. The fourth-order valence-corrected chi connectivity index (χ4v) is 2.76. The molecule has 29 heavy (non-hydrogen) atoms. The first kappa shape index (κ1) is 18.3. The summed E-state index contributed by atoms with van der Waals surface area (Å²) in [6.45, 7) is 0. The van der Waals surface area contributed by atoms with Gasteiger partial charge in [-0.05, 0) is 66.4 Å². The first-order valence-electron chi connectivity index (χ1n) is 8.89. The minimum Gasteiger partial charge on any atom is -0.497 e. The summed E-state index contributed by atoms with van der Waals surface area (Å²) in [5, 5.41) is 0.845. The molecule has 0 atom stereocenters. The number of hydrogen-bond acceptors (Lipinski definition) is 3. The second kappa shape index (κ2) is 7.88. The van der Waals surface area contributed by atoms with Crippen LogP contribution in [0.2, 0.25) is 0 Å². The Morgan fingerprint density at radius 3 is 2.17 bits per heavy atom. The largest absolute Gasteiger partial charge is 0.497 e. The summed E-state index contributed by atoms with van der Waals surface area (Å²) in [7, 11) is 3.53. The van der Waals surface area contributed by atoms with E-state index in [2.05, 4.69) is 33.6 Å². The van der Waals surface area contributed by atoms with E-state index in [1.807, 2.05) is 48.1 Å². The number of hydrogen-bond donors (Lipinski definition) is 0. The van der Waals surface area contributed by atoms with Crippen molar-refractivity contribution in [2.75, 3.05) is 7.11 Å². The van der Waals surface area contributed by atoms with Crippen LogP contribution < -0.4 is 4.74 Å². The fraction of sp³-hybridized carbons (Fsp3) is 0.0833. The number of aryl methyl sites for hydroxylation is 1. The van der Waals surface area contributed by atoms with Gasteiger partial charge in [0.1, 0.15) is 22.9 Å². The molecule has 0 unspecified atom stereocenters. The van der Waals surface area contributed by atoms with Crippen LogP contribution in [0.25, 0.3) is 11.0 Å². The van der Waals surface area contributed by atoms with Crippen molar-refractivity contribution in [3.8, 4) is 29.4 Å². The number of fused-ring (bicyclic) bond motifs is 1. The third-order valence-corrected chi connectivity index (χ3v) is 4.30. The molecule has 4 rings (SSSR count). The highest BCUT2D eigenvalue weighted by Gasteiger charge is 2.08. The third kappa shape index (κ3) is 4.10. The number of aromatic nitrogens is 3. The lowest BCUT2D eigenvalue weighted by Crippen LogP contribution is -1.97. The first-order valence-corrected chi connectivity index (χ1v) is 8.89. The molecule has 0 aliphatic heterocycles. The van der Waals surface area contributed by atoms with E-state index in [-0.39, 0.29) is 5.82 Å². The standard InChI is InChI=1S/C24H16FN3O/c1-28-16-15-21-22(13-7-17-3-9-19(25)10-4-17)26-23(27-24(21)28)14-8-18-5-11-20(29-2)12-6-18/h3-6,9-12,15-16H,1-2H3.